The van der Waals surface area contributed by atoms with Crippen LogP contribution in [0, 0.1) is 0 Å². The fourth-order valence-corrected chi connectivity index (χ4v) is 2.93. The van der Waals surface area contributed by atoms with Gasteiger partial charge in [-0.05, 0) is 31.4 Å². The largest absolute Gasteiger partial charge is 0.346 e. The molecule has 1 N–H and O–H groups in total. The fraction of sp³-hybridized carbons (Fsp3) is 0.471. The molecule has 1 saturated heterocycles. The number of anilines is 1. The first-order valence-electron chi connectivity index (χ1n) is 8.58. The summed E-state index contributed by atoms with van der Waals surface area (Å²) in [5, 5.41) is 7.17. The molecule has 1 amide bonds. The molecule has 0 saturated carbocycles. The van der Waals surface area contributed by atoms with Crippen molar-refractivity contribution in [2.24, 2.45) is 0 Å². The molecule has 0 aromatic carbocycles. The van der Waals surface area contributed by atoms with Crippen LogP contribution in [-0.2, 0) is 6.54 Å². The molecule has 0 unspecified atom stereocenters. The molecule has 2 aromatic rings. The van der Waals surface area contributed by atoms with E-state index in [-0.39, 0.29) is 23.2 Å². The Morgan fingerprint density at radius 3 is 2.88 bits per heavy atom. The van der Waals surface area contributed by atoms with Crippen LogP contribution in [0.4, 0.5) is 5.95 Å². The summed E-state index contributed by atoms with van der Waals surface area (Å²) in [5.74, 6) is 0.418. The van der Waals surface area contributed by atoms with Crippen LogP contribution in [0.5, 0.6) is 0 Å². The zero-order valence-corrected chi connectivity index (χ0v) is 14.3. The predicted molar refractivity (Wildman–Crippen MR) is 93.5 cm³/mol. The van der Waals surface area contributed by atoms with Crippen molar-refractivity contribution >= 4 is 11.9 Å². The molecule has 0 bridgehead atoms. The first-order chi connectivity index (χ1) is 12.2. The van der Waals surface area contributed by atoms with Crippen LogP contribution in [-0.4, -0.2) is 44.8 Å². The predicted octanol–water partition coefficient (Wildman–Crippen LogP) is 0.842. The molecule has 3 heterocycles. The van der Waals surface area contributed by atoms with Gasteiger partial charge in [-0.1, -0.05) is 6.92 Å². The van der Waals surface area contributed by atoms with Crippen molar-refractivity contribution in [3.05, 3.63) is 46.6 Å². The van der Waals surface area contributed by atoms with E-state index in [1.165, 1.54) is 16.8 Å². The molecular formula is C17H22N6O2. The Kier molecular flexibility index (Phi) is 5.37. The van der Waals surface area contributed by atoms with E-state index in [0.717, 1.165) is 25.8 Å². The van der Waals surface area contributed by atoms with Gasteiger partial charge in [0.2, 0.25) is 5.95 Å². The molecule has 1 aliphatic heterocycles. The molecule has 8 heteroatoms. The van der Waals surface area contributed by atoms with Gasteiger partial charge in [0.1, 0.15) is 5.69 Å². The molecule has 25 heavy (non-hydrogen) atoms. The minimum absolute atomic E-state index is 0.00147. The number of rotatable bonds is 5. The van der Waals surface area contributed by atoms with E-state index in [2.05, 4.69) is 25.3 Å². The van der Waals surface area contributed by atoms with Crippen molar-refractivity contribution in [3.8, 4) is 0 Å². The lowest BCUT2D eigenvalue weighted by Crippen LogP contribution is -2.48. The molecule has 0 spiro atoms. The quantitative estimate of drug-likeness (QED) is 0.866. The zero-order chi connectivity index (χ0) is 17.6. The average molecular weight is 342 g/mol. The minimum Gasteiger partial charge on any atom is -0.346 e. The number of nitrogens with zero attached hydrogens (tertiary/aromatic N) is 5. The molecule has 2 aromatic heterocycles. The first-order valence-corrected chi connectivity index (χ1v) is 8.58. The molecule has 0 aliphatic carbocycles. The Hall–Kier alpha value is -2.77. The highest BCUT2D eigenvalue weighted by atomic mass is 16.2. The highest BCUT2D eigenvalue weighted by molar-refractivity contribution is 5.92. The van der Waals surface area contributed by atoms with E-state index in [1.807, 2.05) is 6.92 Å². The maximum Gasteiger partial charge on any atom is 0.272 e. The number of piperidine rings is 1. The van der Waals surface area contributed by atoms with Gasteiger partial charge in [0, 0.05) is 44.1 Å². The van der Waals surface area contributed by atoms with Gasteiger partial charge >= 0.3 is 0 Å². The van der Waals surface area contributed by atoms with Crippen LogP contribution in [0.15, 0.2) is 35.4 Å². The number of carbonyl (C=O) groups excluding carboxylic acids is 1. The van der Waals surface area contributed by atoms with Crippen molar-refractivity contribution in [3.63, 3.8) is 0 Å². The molecule has 1 aliphatic rings. The topological polar surface area (TPSA) is 93.0 Å². The Balaban J connectivity index is 1.66. The second-order valence-electron chi connectivity index (χ2n) is 6.09. The molecule has 132 valence electrons. The third kappa shape index (κ3) is 4.20. The zero-order valence-electron chi connectivity index (χ0n) is 14.3. The number of hydrogen-bond acceptors (Lipinski definition) is 6. The van der Waals surface area contributed by atoms with E-state index < -0.39 is 0 Å². The first kappa shape index (κ1) is 17.1. The third-order valence-electron chi connectivity index (χ3n) is 4.13. The van der Waals surface area contributed by atoms with Gasteiger partial charge in [0.05, 0.1) is 0 Å². The van der Waals surface area contributed by atoms with Crippen LogP contribution < -0.4 is 15.8 Å². The summed E-state index contributed by atoms with van der Waals surface area (Å²) >= 11 is 0. The van der Waals surface area contributed by atoms with Crippen LogP contribution in [0.2, 0.25) is 0 Å². The maximum atomic E-state index is 12.5. The summed E-state index contributed by atoms with van der Waals surface area (Å²) in [5.41, 5.74) is 0.0737. The highest BCUT2D eigenvalue weighted by Gasteiger charge is 2.24. The van der Waals surface area contributed by atoms with Gasteiger partial charge < -0.3 is 10.2 Å². The average Bonchev–Trinajstić information content (AvgIpc) is 2.64. The highest BCUT2D eigenvalue weighted by Crippen LogP contribution is 2.15. The Morgan fingerprint density at radius 1 is 1.32 bits per heavy atom. The van der Waals surface area contributed by atoms with Crippen LogP contribution in [0.3, 0.4) is 0 Å². The van der Waals surface area contributed by atoms with Crippen LogP contribution in [0.25, 0.3) is 0 Å². The molecular weight excluding hydrogens is 320 g/mol. The SMILES string of the molecule is CCCn1nc(C(=O)N[C@H]2CCCN(c3ncccn3)C2)ccc1=O. The number of carbonyl (C=O) groups is 1. The minimum atomic E-state index is -0.259. The van der Waals surface area contributed by atoms with Crippen molar-refractivity contribution in [2.45, 2.75) is 38.8 Å². The number of hydrogen-bond donors (Lipinski definition) is 1. The van der Waals surface area contributed by atoms with Crippen molar-refractivity contribution in [2.75, 3.05) is 18.0 Å². The lowest BCUT2D eigenvalue weighted by molar-refractivity contribution is 0.0925. The summed E-state index contributed by atoms with van der Waals surface area (Å²) in [6, 6.07) is 4.65. The van der Waals surface area contributed by atoms with Gasteiger partial charge in [-0.25, -0.2) is 14.6 Å². The Morgan fingerprint density at radius 2 is 2.12 bits per heavy atom. The molecule has 1 atom stereocenters. The summed E-state index contributed by atoms with van der Waals surface area (Å²) in [4.78, 5) is 34.8. The van der Waals surface area contributed by atoms with Crippen LogP contribution in [0.1, 0.15) is 36.7 Å². The van der Waals surface area contributed by atoms with E-state index in [1.54, 1.807) is 18.5 Å². The normalized spacial score (nSPS) is 17.3. The van der Waals surface area contributed by atoms with E-state index in [0.29, 0.717) is 19.0 Å². The maximum absolute atomic E-state index is 12.5. The summed E-state index contributed by atoms with van der Waals surface area (Å²) < 4.78 is 1.33. The summed E-state index contributed by atoms with van der Waals surface area (Å²) in [6.45, 7) is 3.99. The Labute approximate surface area is 145 Å². The van der Waals surface area contributed by atoms with E-state index in [4.69, 9.17) is 0 Å². The second kappa shape index (κ2) is 7.87. The summed E-state index contributed by atoms with van der Waals surface area (Å²) in [6.07, 6.45) is 6.05. The standard InChI is InChI=1S/C17H22N6O2/c1-2-10-23-15(24)7-6-14(21-23)16(25)20-13-5-3-11-22(12-13)17-18-8-4-9-19-17/h4,6-9,13H,2-3,5,10-12H2,1H3,(H,20,25)/t13-/m0/s1. The molecule has 3 rings (SSSR count). The van der Waals surface area contributed by atoms with Gasteiger partial charge in [-0.3, -0.25) is 9.59 Å². The lowest BCUT2D eigenvalue weighted by Gasteiger charge is -2.33. The van der Waals surface area contributed by atoms with Crippen molar-refractivity contribution in [1.82, 2.24) is 25.1 Å². The van der Waals surface area contributed by atoms with Gasteiger partial charge in [0.15, 0.2) is 0 Å². The fourth-order valence-electron chi connectivity index (χ4n) is 2.93. The second-order valence-corrected chi connectivity index (χ2v) is 6.09. The summed E-state index contributed by atoms with van der Waals surface area (Å²) in [7, 11) is 0. The van der Waals surface area contributed by atoms with Gasteiger partial charge in [-0.15, -0.1) is 0 Å². The number of aryl methyl sites for hydroxylation is 1. The van der Waals surface area contributed by atoms with E-state index in [9.17, 15) is 9.59 Å². The smallest absolute Gasteiger partial charge is 0.272 e. The number of nitrogens with one attached hydrogen (secondary N) is 1. The number of aromatic nitrogens is 4. The van der Waals surface area contributed by atoms with Gasteiger partial charge in [-0.2, -0.15) is 5.10 Å². The molecule has 0 radical (unpaired) electrons. The lowest BCUT2D eigenvalue weighted by atomic mass is 10.1. The monoisotopic (exact) mass is 342 g/mol. The van der Waals surface area contributed by atoms with Gasteiger partial charge in [0.25, 0.3) is 11.5 Å². The molecule has 1 fully saturated rings. The number of amides is 1. The third-order valence-corrected chi connectivity index (χ3v) is 4.13. The molecule has 8 nitrogen and oxygen atoms in total. The Bertz CT molecular complexity index is 776. The van der Waals surface area contributed by atoms with Crippen molar-refractivity contribution < 1.29 is 4.79 Å². The van der Waals surface area contributed by atoms with Crippen LogP contribution >= 0.6 is 0 Å². The van der Waals surface area contributed by atoms with Crippen molar-refractivity contribution in [1.29, 1.82) is 0 Å². The van der Waals surface area contributed by atoms with E-state index >= 15 is 0 Å².